The number of nitrogens with one attached hydrogen (secondary N) is 1. The van der Waals surface area contributed by atoms with Gasteiger partial charge in [-0.25, -0.2) is 4.68 Å². The fraction of sp³-hybridized carbons (Fsp3) is 0.238. The van der Waals surface area contributed by atoms with Gasteiger partial charge in [-0.3, -0.25) is 14.9 Å². The Morgan fingerprint density at radius 2 is 1.82 bits per heavy atom. The van der Waals surface area contributed by atoms with Gasteiger partial charge in [0.05, 0.1) is 16.3 Å². The first kappa shape index (κ1) is 19.3. The molecule has 0 radical (unpaired) electrons. The molecule has 3 aromatic rings. The van der Waals surface area contributed by atoms with Crippen molar-refractivity contribution in [1.82, 2.24) is 15.1 Å². The van der Waals surface area contributed by atoms with E-state index in [0.29, 0.717) is 18.5 Å². The quantitative estimate of drug-likeness (QED) is 0.523. The van der Waals surface area contributed by atoms with Crippen molar-refractivity contribution in [3.05, 3.63) is 86.7 Å². The van der Waals surface area contributed by atoms with Gasteiger partial charge < -0.3 is 5.32 Å². The number of aromatic nitrogens is 2. The zero-order chi connectivity index (χ0) is 20.3. The Kier molecular flexibility index (Phi) is 5.54. The van der Waals surface area contributed by atoms with E-state index in [-0.39, 0.29) is 17.2 Å². The molecule has 144 valence electrons. The van der Waals surface area contributed by atoms with Gasteiger partial charge in [0.15, 0.2) is 0 Å². The molecule has 0 aliphatic heterocycles. The summed E-state index contributed by atoms with van der Waals surface area (Å²) >= 11 is 0. The van der Waals surface area contributed by atoms with Gasteiger partial charge >= 0.3 is 0 Å². The average molecular weight is 378 g/mol. The van der Waals surface area contributed by atoms with Crippen molar-refractivity contribution in [2.75, 3.05) is 6.54 Å². The lowest BCUT2D eigenvalue weighted by Gasteiger charge is -2.08. The van der Waals surface area contributed by atoms with Crippen LogP contribution in [0.25, 0.3) is 5.69 Å². The van der Waals surface area contributed by atoms with Crippen LogP contribution in [0.5, 0.6) is 0 Å². The molecule has 1 heterocycles. The lowest BCUT2D eigenvalue weighted by molar-refractivity contribution is -0.385. The molecule has 0 spiro atoms. The number of carbonyl (C=O) groups excluding carboxylic acids is 1. The van der Waals surface area contributed by atoms with E-state index in [1.54, 1.807) is 19.1 Å². The molecule has 0 atom stereocenters. The normalized spacial score (nSPS) is 10.7. The number of carbonyl (C=O) groups is 1. The molecule has 0 unspecified atom stereocenters. The summed E-state index contributed by atoms with van der Waals surface area (Å²) in [5.41, 5.74) is 4.89. The minimum absolute atomic E-state index is 0.0487. The Labute approximate surface area is 163 Å². The SMILES string of the molecule is Cc1cc(C)n(-c2ccc(CCNC(=O)c3ccc(C)c([N+](=O)[O-])c3)cc2)n1. The summed E-state index contributed by atoms with van der Waals surface area (Å²) in [5.74, 6) is -0.317. The Morgan fingerprint density at radius 1 is 1.11 bits per heavy atom. The van der Waals surface area contributed by atoms with E-state index in [1.807, 2.05) is 48.9 Å². The molecular formula is C21H22N4O3. The van der Waals surface area contributed by atoms with Crippen molar-refractivity contribution in [2.45, 2.75) is 27.2 Å². The molecule has 0 aliphatic carbocycles. The van der Waals surface area contributed by atoms with E-state index in [9.17, 15) is 14.9 Å². The third-order valence-electron chi connectivity index (χ3n) is 4.56. The molecule has 0 fully saturated rings. The number of amides is 1. The molecule has 3 rings (SSSR count). The molecule has 0 saturated heterocycles. The number of benzene rings is 2. The molecule has 0 saturated carbocycles. The molecule has 7 heteroatoms. The topological polar surface area (TPSA) is 90.1 Å². The van der Waals surface area contributed by atoms with E-state index >= 15 is 0 Å². The number of rotatable bonds is 6. The van der Waals surface area contributed by atoms with Gasteiger partial charge in [-0.05, 0) is 57.0 Å². The summed E-state index contributed by atoms with van der Waals surface area (Å²) < 4.78 is 1.89. The van der Waals surface area contributed by atoms with Crippen LogP contribution < -0.4 is 5.32 Å². The minimum atomic E-state index is -0.476. The van der Waals surface area contributed by atoms with Crippen molar-refractivity contribution in [2.24, 2.45) is 0 Å². The maximum absolute atomic E-state index is 12.3. The maximum Gasteiger partial charge on any atom is 0.273 e. The van der Waals surface area contributed by atoms with Crippen LogP contribution in [0, 0.1) is 30.9 Å². The highest BCUT2D eigenvalue weighted by Crippen LogP contribution is 2.19. The zero-order valence-corrected chi connectivity index (χ0v) is 16.1. The number of hydrogen-bond acceptors (Lipinski definition) is 4. The van der Waals surface area contributed by atoms with Crippen LogP contribution in [-0.4, -0.2) is 27.2 Å². The highest BCUT2D eigenvalue weighted by Gasteiger charge is 2.14. The highest BCUT2D eigenvalue weighted by molar-refractivity contribution is 5.94. The van der Waals surface area contributed by atoms with Gasteiger partial charge in [-0.2, -0.15) is 5.10 Å². The summed E-state index contributed by atoms with van der Waals surface area (Å²) in [5, 5.41) is 18.3. The highest BCUT2D eigenvalue weighted by atomic mass is 16.6. The Balaban J connectivity index is 1.59. The Bertz CT molecular complexity index is 1020. The maximum atomic E-state index is 12.3. The van der Waals surface area contributed by atoms with Gasteiger partial charge in [0.1, 0.15) is 0 Å². The molecule has 28 heavy (non-hydrogen) atoms. The molecular weight excluding hydrogens is 356 g/mol. The standard InChI is InChI=1S/C21H22N4O3/c1-14-4-7-18(13-20(14)25(27)28)21(26)22-11-10-17-5-8-19(9-6-17)24-16(3)12-15(2)23-24/h4-9,12-13H,10-11H2,1-3H3,(H,22,26). The predicted octanol–water partition coefficient (Wildman–Crippen LogP) is 3.68. The van der Waals surface area contributed by atoms with Gasteiger partial charge in [0.25, 0.3) is 11.6 Å². The van der Waals surface area contributed by atoms with E-state index in [2.05, 4.69) is 10.4 Å². The third-order valence-corrected chi connectivity index (χ3v) is 4.56. The van der Waals surface area contributed by atoms with Crippen molar-refractivity contribution in [3.63, 3.8) is 0 Å². The summed E-state index contributed by atoms with van der Waals surface area (Å²) in [6.45, 7) is 6.07. The minimum Gasteiger partial charge on any atom is -0.352 e. The zero-order valence-electron chi connectivity index (χ0n) is 16.1. The van der Waals surface area contributed by atoms with Crippen LogP contribution in [0.4, 0.5) is 5.69 Å². The number of hydrogen-bond donors (Lipinski definition) is 1. The number of nitrogens with zero attached hydrogens (tertiary/aromatic N) is 3. The molecule has 1 N–H and O–H groups in total. The van der Waals surface area contributed by atoms with Crippen LogP contribution in [0.3, 0.4) is 0 Å². The van der Waals surface area contributed by atoms with Gasteiger partial charge in [0, 0.05) is 29.4 Å². The summed E-state index contributed by atoms with van der Waals surface area (Å²) in [7, 11) is 0. The Morgan fingerprint density at radius 3 is 2.43 bits per heavy atom. The molecule has 0 aliphatic rings. The van der Waals surface area contributed by atoms with Gasteiger partial charge in [0.2, 0.25) is 0 Å². The second-order valence-corrected chi connectivity index (χ2v) is 6.77. The van der Waals surface area contributed by atoms with Crippen LogP contribution >= 0.6 is 0 Å². The van der Waals surface area contributed by atoms with Gasteiger partial charge in [-0.15, -0.1) is 0 Å². The number of aryl methyl sites for hydroxylation is 3. The van der Waals surface area contributed by atoms with Crippen molar-refractivity contribution >= 4 is 11.6 Å². The Hall–Kier alpha value is -3.48. The largest absolute Gasteiger partial charge is 0.352 e. The number of nitro groups is 1. The lowest BCUT2D eigenvalue weighted by atomic mass is 10.1. The summed E-state index contributed by atoms with van der Waals surface area (Å²) in [4.78, 5) is 22.8. The number of nitro benzene ring substituents is 1. The van der Waals surface area contributed by atoms with Crippen LogP contribution in [-0.2, 0) is 6.42 Å². The lowest BCUT2D eigenvalue weighted by Crippen LogP contribution is -2.25. The first-order chi connectivity index (χ1) is 13.3. The monoisotopic (exact) mass is 378 g/mol. The first-order valence-electron chi connectivity index (χ1n) is 9.01. The molecule has 1 aromatic heterocycles. The predicted molar refractivity (Wildman–Crippen MR) is 107 cm³/mol. The molecule has 1 amide bonds. The fourth-order valence-electron chi connectivity index (χ4n) is 3.06. The summed E-state index contributed by atoms with van der Waals surface area (Å²) in [6, 6.07) is 14.5. The van der Waals surface area contributed by atoms with Crippen LogP contribution in [0.15, 0.2) is 48.5 Å². The van der Waals surface area contributed by atoms with Crippen LogP contribution in [0.2, 0.25) is 0 Å². The van der Waals surface area contributed by atoms with Crippen molar-refractivity contribution in [1.29, 1.82) is 0 Å². The molecule has 2 aromatic carbocycles. The molecule has 7 nitrogen and oxygen atoms in total. The van der Waals surface area contributed by atoms with Gasteiger partial charge in [-0.1, -0.05) is 18.2 Å². The first-order valence-corrected chi connectivity index (χ1v) is 9.01. The average Bonchev–Trinajstić information content (AvgIpc) is 3.00. The smallest absolute Gasteiger partial charge is 0.273 e. The second kappa shape index (κ2) is 8.04. The molecule has 0 bridgehead atoms. The van der Waals surface area contributed by atoms with E-state index in [0.717, 1.165) is 22.6 Å². The van der Waals surface area contributed by atoms with E-state index < -0.39 is 4.92 Å². The third kappa shape index (κ3) is 4.25. The van der Waals surface area contributed by atoms with Crippen LogP contribution in [0.1, 0.15) is 32.9 Å². The second-order valence-electron chi connectivity index (χ2n) is 6.77. The van der Waals surface area contributed by atoms with Crippen molar-refractivity contribution < 1.29 is 9.72 Å². The fourth-order valence-corrected chi connectivity index (χ4v) is 3.06. The van der Waals surface area contributed by atoms with E-state index in [4.69, 9.17) is 0 Å². The summed E-state index contributed by atoms with van der Waals surface area (Å²) in [6.07, 6.45) is 0.664. The van der Waals surface area contributed by atoms with E-state index in [1.165, 1.54) is 6.07 Å². The van der Waals surface area contributed by atoms with Crippen molar-refractivity contribution in [3.8, 4) is 5.69 Å².